The number of benzene rings is 4. The number of rotatable bonds is 3. The van der Waals surface area contributed by atoms with Crippen LogP contribution in [0.25, 0.3) is 28.1 Å². The number of hydrogen-bond acceptors (Lipinski definition) is 3. The molecular formula is C25H18N2OS. The van der Waals surface area contributed by atoms with Crippen LogP contribution in [0.15, 0.2) is 106 Å². The molecule has 1 aliphatic heterocycles. The molecule has 0 fully saturated rings. The van der Waals surface area contributed by atoms with Crippen LogP contribution in [0.4, 0.5) is 0 Å². The van der Waals surface area contributed by atoms with Crippen molar-refractivity contribution in [3.63, 3.8) is 0 Å². The summed E-state index contributed by atoms with van der Waals surface area (Å²) in [5.74, 6) is 0. The minimum Gasteiger partial charge on any atom is -0.306 e. The smallest absolute Gasteiger partial charge is 0.194 e. The van der Waals surface area contributed by atoms with Crippen molar-refractivity contribution in [2.75, 3.05) is 0 Å². The Labute approximate surface area is 173 Å². The quantitative estimate of drug-likeness (QED) is 0.355. The lowest BCUT2D eigenvalue weighted by atomic mass is 10.1. The van der Waals surface area contributed by atoms with Crippen LogP contribution in [0.5, 0.6) is 0 Å². The van der Waals surface area contributed by atoms with Gasteiger partial charge in [0.1, 0.15) is 0 Å². The second-order valence-corrected chi connectivity index (χ2v) is 8.09. The van der Waals surface area contributed by atoms with Crippen molar-refractivity contribution >= 4 is 22.8 Å². The molecule has 2 aliphatic rings. The largest absolute Gasteiger partial charge is 0.306 e. The van der Waals surface area contributed by atoms with Crippen LogP contribution >= 0.6 is 11.8 Å². The van der Waals surface area contributed by atoms with Gasteiger partial charge in [-0.05, 0) is 49.4 Å². The Balaban J connectivity index is 1.74. The van der Waals surface area contributed by atoms with E-state index in [9.17, 15) is 4.79 Å². The molecule has 3 aromatic rings. The third-order valence-corrected chi connectivity index (χ3v) is 5.96. The lowest BCUT2D eigenvalue weighted by Gasteiger charge is -2.19. The van der Waals surface area contributed by atoms with E-state index in [1.165, 1.54) is 17.3 Å². The predicted molar refractivity (Wildman–Crippen MR) is 119 cm³/mol. The highest BCUT2D eigenvalue weighted by Crippen LogP contribution is 2.32. The predicted octanol–water partition coefficient (Wildman–Crippen LogP) is 5.95. The Morgan fingerprint density at radius 1 is 0.828 bits per heavy atom. The number of aryl methyl sites for hydroxylation is 1. The van der Waals surface area contributed by atoms with Crippen molar-refractivity contribution in [1.82, 2.24) is 9.55 Å². The van der Waals surface area contributed by atoms with E-state index < -0.39 is 0 Å². The van der Waals surface area contributed by atoms with Gasteiger partial charge >= 0.3 is 0 Å². The molecule has 5 rings (SSSR count). The Morgan fingerprint density at radius 2 is 1.55 bits per heavy atom. The van der Waals surface area contributed by atoms with Gasteiger partial charge in [0.05, 0.1) is 27.3 Å². The molecule has 0 amide bonds. The van der Waals surface area contributed by atoms with Crippen LogP contribution in [0.2, 0.25) is 0 Å². The van der Waals surface area contributed by atoms with E-state index in [0.717, 1.165) is 33.0 Å². The first kappa shape index (κ1) is 17.7. The molecule has 0 saturated heterocycles. The molecule has 1 heterocycles. The van der Waals surface area contributed by atoms with Crippen LogP contribution in [0, 0.1) is 6.92 Å². The maximum Gasteiger partial charge on any atom is 0.194 e. The lowest BCUT2D eigenvalue weighted by molar-refractivity contribution is 1.07. The first-order chi connectivity index (χ1) is 14.2. The van der Waals surface area contributed by atoms with Crippen molar-refractivity contribution in [3.8, 4) is 17.1 Å². The van der Waals surface area contributed by atoms with Gasteiger partial charge in [-0.25, -0.2) is 4.98 Å². The molecule has 3 nitrogen and oxygen atoms in total. The number of aromatic nitrogens is 2. The third kappa shape index (κ3) is 3.32. The zero-order valence-corrected chi connectivity index (χ0v) is 16.7. The molecule has 140 valence electrons. The number of fused-ring (bicyclic) bond motifs is 2. The molecule has 0 radical (unpaired) electrons. The highest BCUT2D eigenvalue weighted by atomic mass is 32.2. The summed E-state index contributed by atoms with van der Waals surface area (Å²) in [4.78, 5) is 19.5. The van der Waals surface area contributed by atoms with Gasteiger partial charge in [-0.1, -0.05) is 59.8 Å². The number of nitrogens with zero attached hydrogens (tertiary/aromatic N) is 2. The normalized spacial score (nSPS) is 11.2. The molecule has 0 unspecified atom stereocenters. The fourth-order valence-corrected chi connectivity index (χ4v) is 4.34. The maximum absolute atomic E-state index is 13.0. The van der Waals surface area contributed by atoms with Gasteiger partial charge in [0.15, 0.2) is 5.43 Å². The Morgan fingerprint density at radius 3 is 2.34 bits per heavy atom. The van der Waals surface area contributed by atoms with Crippen LogP contribution in [0.3, 0.4) is 0 Å². The minimum atomic E-state index is 0.00448. The minimum absolute atomic E-state index is 0.00448. The second-order valence-electron chi connectivity index (χ2n) is 6.97. The molecule has 29 heavy (non-hydrogen) atoms. The van der Waals surface area contributed by atoms with Gasteiger partial charge in [-0.2, -0.15) is 0 Å². The van der Waals surface area contributed by atoms with Gasteiger partial charge in [-0.15, -0.1) is 0 Å². The molecule has 4 heteroatoms. The second kappa shape index (κ2) is 7.22. The molecular weight excluding hydrogens is 376 g/mol. The van der Waals surface area contributed by atoms with Crippen LogP contribution in [-0.4, -0.2) is 9.55 Å². The average Bonchev–Trinajstić information content (AvgIpc) is 2.75. The summed E-state index contributed by atoms with van der Waals surface area (Å²) in [5.41, 5.74) is 5.71. The summed E-state index contributed by atoms with van der Waals surface area (Å²) in [6.07, 6.45) is 0. The summed E-state index contributed by atoms with van der Waals surface area (Å²) in [5, 5.41) is 0. The van der Waals surface area contributed by atoms with Gasteiger partial charge in [0.2, 0.25) is 0 Å². The van der Waals surface area contributed by atoms with Gasteiger partial charge in [0.25, 0.3) is 0 Å². The SMILES string of the molecule is Cc1ccc(Sc2cc3nc4ccccc4n(-c4ccccc4)c-3cc2=O)cc1. The number of para-hydroxylation sites is 3. The molecule has 0 spiro atoms. The molecule has 0 aromatic heterocycles. The van der Waals surface area contributed by atoms with E-state index in [-0.39, 0.29) is 5.43 Å². The zero-order valence-electron chi connectivity index (χ0n) is 15.9. The topological polar surface area (TPSA) is 34.9 Å². The monoisotopic (exact) mass is 394 g/mol. The van der Waals surface area contributed by atoms with E-state index >= 15 is 0 Å². The summed E-state index contributed by atoms with van der Waals surface area (Å²) in [7, 11) is 0. The Bertz CT molecular complexity index is 1340. The summed E-state index contributed by atoms with van der Waals surface area (Å²) < 4.78 is 2.11. The fourth-order valence-electron chi connectivity index (χ4n) is 3.48. The van der Waals surface area contributed by atoms with Gasteiger partial charge in [0, 0.05) is 16.6 Å². The fraction of sp³-hybridized carbons (Fsp3) is 0.0400. The maximum atomic E-state index is 13.0. The van der Waals surface area contributed by atoms with Crippen LogP contribution < -0.4 is 5.43 Å². The van der Waals surface area contributed by atoms with E-state index in [1.54, 1.807) is 6.07 Å². The van der Waals surface area contributed by atoms with E-state index in [0.29, 0.717) is 4.90 Å². The van der Waals surface area contributed by atoms with Crippen LogP contribution in [-0.2, 0) is 0 Å². The van der Waals surface area contributed by atoms with Gasteiger partial charge < -0.3 is 4.57 Å². The molecule has 0 atom stereocenters. The molecule has 3 aromatic carbocycles. The number of hydrogen-bond donors (Lipinski definition) is 0. The van der Waals surface area contributed by atoms with E-state index in [4.69, 9.17) is 4.98 Å². The molecule has 0 bridgehead atoms. The Hall–Kier alpha value is -3.37. The molecule has 0 saturated carbocycles. The Kier molecular flexibility index (Phi) is 4.41. The van der Waals surface area contributed by atoms with Crippen molar-refractivity contribution in [2.24, 2.45) is 0 Å². The van der Waals surface area contributed by atoms with Crippen molar-refractivity contribution in [1.29, 1.82) is 0 Å². The standard InChI is InChI=1S/C25H18N2OS/c1-17-11-13-19(14-12-17)29-25-15-21-23(16-24(25)28)27(18-7-3-2-4-8-18)22-10-6-5-9-20(22)26-21/h2-16H,1H3. The van der Waals surface area contributed by atoms with E-state index in [2.05, 4.69) is 23.6 Å². The molecule has 0 N–H and O–H groups in total. The summed E-state index contributed by atoms with van der Waals surface area (Å²) >= 11 is 1.48. The average molecular weight is 394 g/mol. The highest BCUT2D eigenvalue weighted by molar-refractivity contribution is 7.99. The summed E-state index contributed by atoms with van der Waals surface area (Å²) in [6, 6.07) is 29.9. The summed E-state index contributed by atoms with van der Waals surface area (Å²) in [6.45, 7) is 2.06. The first-order valence-electron chi connectivity index (χ1n) is 9.44. The van der Waals surface area contributed by atoms with Gasteiger partial charge in [-0.3, -0.25) is 4.79 Å². The van der Waals surface area contributed by atoms with Crippen LogP contribution in [0.1, 0.15) is 5.56 Å². The highest BCUT2D eigenvalue weighted by Gasteiger charge is 2.17. The zero-order chi connectivity index (χ0) is 19.8. The third-order valence-electron chi connectivity index (χ3n) is 4.91. The van der Waals surface area contributed by atoms with Crippen molar-refractivity contribution in [3.05, 3.63) is 107 Å². The first-order valence-corrected chi connectivity index (χ1v) is 10.3. The van der Waals surface area contributed by atoms with Crippen molar-refractivity contribution < 1.29 is 0 Å². The molecule has 1 aliphatic carbocycles. The van der Waals surface area contributed by atoms with E-state index in [1.807, 2.05) is 72.8 Å². The lowest BCUT2D eigenvalue weighted by Crippen LogP contribution is -2.11. The van der Waals surface area contributed by atoms with Crippen molar-refractivity contribution in [2.45, 2.75) is 16.7 Å².